The maximum Gasteiger partial charge on any atom is 0.419 e. The average Bonchev–Trinajstić information content (AvgIpc) is 2.59. The molecule has 1 heterocycles. The topological polar surface area (TPSA) is 71.0 Å². The molecule has 0 spiro atoms. The molecule has 1 saturated heterocycles. The Kier molecular flexibility index (Phi) is 6.84. The first kappa shape index (κ1) is 22.3. The smallest absolute Gasteiger partial charge is 0.419 e. The first-order valence-corrected chi connectivity index (χ1v) is 10.7. The van der Waals surface area contributed by atoms with Crippen LogP contribution in [0.25, 0.3) is 0 Å². The molecule has 0 unspecified atom stereocenters. The van der Waals surface area contributed by atoms with Gasteiger partial charge < -0.3 is 15.0 Å². The van der Waals surface area contributed by atoms with E-state index in [4.69, 9.17) is 4.74 Å². The van der Waals surface area contributed by atoms with Gasteiger partial charge in [0.1, 0.15) is 12.4 Å². The molecular formula is C18H26F3N3O3S. The molecule has 0 amide bonds. The number of rotatable bonds is 5. The van der Waals surface area contributed by atoms with Gasteiger partial charge in [-0.15, -0.1) is 0 Å². The van der Waals surface area contributed by atoms with Crippen LogP contribution in [0.5, 0.6) is 5.75 Å². The van der Waals surface area contributed by atoms with Crippen LogP contribution in [0.4, 0.5) is 13.2 Å². The number of hydrogen-bond donors (Lipinski definition) is 1. The number of alkyl halides is 3. The molecule has 0 saturated carbocycles. The molecule has 1 aliphatic rings. The normalized spacial score (nSPS) is 19.4. The first-order valence-electron chi connectivity index (χ1n) is 9.02. The average molecular weight is 421 g/mol. The van der Waals surface area contributed by atoms with Crippen molar-refractivity contribution < 1.29 is 26.3 Å². The van der Waals surface area contributed by atoms with Crippen molar-refractivity contribution in [2.24, 2.45) is 4.99 Å². The monoisotopic (exact) mass is 421 g/mol. The molecule has 0 aliphatic carbocycles. The molecule has 0 aromatic heterocycles. The van der Waals surface area contributed by atoms with Gasteiger partial charge in [-0.2, -0.15) is 13.2 Å². The maximum atomic E-state index is 13.0. The number of nitrogens with one attached hydrogen (secondary N) is 1. The summed E-state index contributed by atoms with van der Waals surface area (Å²) >= 11 is 0. The number of aliphatic imine (C=N–C) groups is 1. The molecule has 1 aromatic carbocycles. The molecule has 0 bridgehead atoms. The van der Waals surface area contributed by atoms with E-state index >= 15 is 0 Å². The van der Waals surface area contributed by atoms with Gasteiger partial charge in [-0.25, -0.2) is 13.4 Å². The minimum Gasteiger partial charge on any atom is -0.491 e. The van der Waals surface area contributed by atoms with Crippen molar-refractivity contribution in [1.29, 1.82) is 0 Å². The second-order valence-corrected chi connectivity index (χ2v) is 9.82. The van der Waals surface area contributed by atoms with Crippen LogP contribution in [0.3, 0.4) is 0 Å². The third-order valence-electron chi connectivity index (χ3n) is 4.48. The fraction of sp³-hybridized carbons (Fsp3) is 0.611. The third kappa shape index (κ3) is 5.30. The van der Waals surface area contributed by atoms with Gasteiger partial charge in [-0.1, -0.05) is 12.1 Å². The highest BCUT2D eigenvalue weighted by Gasteiger charge is 2.41. The second kappa shape index (κ2) is 8.59. The zero-order valence-electron chi connectivity index (χ0n) is 16.2. The minimum absolute atomic E-state index is 0.0277. The van der Waals surface area contributed by atoms with Crippen LogP contribution < -0.4 is 10.1 Å². The molecular weight excluding hydrogens is 395 g/mol. The highest BCUT2D eigenvalue weighted by Crippen LogP contribution is 2.35. The second-order valence-electron chi connectivity index (χ2n) is 7.08. The SMILES string of the molecule is CCNC(=NCCOc1ccccc1C(F)(F)F)N1CCS(=O)(=O)C(C)(C)C1. The molecule has 1 aliphatic heterocycles. The van der Waals surface area contributed by atoms with E-state index in [2.05, 4.69) is 10.3 Å². The van der Waals surface area contributed by atoms with Crippen LogP contribution in [-0.2, 0) is 16.0 Å². The van der Waals surface area contributed by atoms with E-state index < -0.39 is 26.3 Å². The highest BCUT2D eigenvalue weighted by molar-refractivity contribution is 7.92. The van der Waals surface area contributed by atoms with Crippen LogP contribution in [0.1, 0.15) is 26.3 Å². The Balaban J connectivity index is 2.03. The number of nitrogens with zero attached hydrogens (tertiary/aromatic N) is 2. The molecule has 0 radical (unpaired) electrons. The van der Waals surface area contributed by atoms with Gasteiger partial charge in [0.05, 0.1) is 22.6 Å². The fourth-order valence-electron chi connectivity index (χ4n) is 2.88. The molecule has 2 rings (SSSR count). The number of ether oxygens (including phenoxy) is 1. The standard InChI is InChI=1S/C18H26F3N3O3S/c1-4-22-16(24-10-12-28(25,26)17(2,3)13-24)23-9-11-27-15-8-6-5-7-14(15)18(19,20)21/h5-8H,4,9-13H2,1-3H3,(H,22,23). The number of para-hydroxylation sites is 1. The molecule has 28 heavy (non-hydrogen) atoms. The van der Waals surface area contributed by atoms with Crippen LogP contribution in [0.2, 0.25) is 0 Å². The van der Waals surface area contributed by atoms with Gasteiger partial charge in [0.15, 0.2) is 15.8 Å². The van der Waals surface area contributed by atoms with Gasteiger partial charge in [0, 0.05) is 19.6 Å². The van der Waals surface area contributed by atoms with Crippen molar-refractivity contribution in [1.82, 2.24) is 10.2 Å². The fourth-order valence-corrected chi connectivity index (χ4v) is 4.25. The first-order chi connectivity index (χ1) is 13.0. The van der Waals surface area contributed by atoms with E-state index in [0.717, 1.165) is 6.07 Å². The van der Waals surface area contributed by atoms with Gasteiger partial charge in [-0.3, -0.25) is 0 Å². The summed E-state index contributed by atoms with van der Waals surface area (Å²) in [7, 11) is -3.18. The van der Waals surface area contributed by atoms with Crippen molar-refractivity contribution in [2.75, 3.05) is 38.5 Å². The minimum atomic E-state index is -4.49. The predicted octanol–water partition coefficient (Wildman–Crippen LogP) is 2.56. The van der Waals surface area contributed by atoms with Gasteiger partial charge in [-0.05, 0) is 32.9 Å². The molecule has 158 valence electrons. The van der Waals surface area contributed by atoms with Crippen molar-refractivity contribution in [3.63, 3.8) is 0 Å². The molecule has 1 aromatic rings. The largest absolute Gasteiger partial charge is 0.491 e. The summed E-state index contributed by atoms with van der Waals surface area (Å²) in [5, 5.41) is 3.10. The molecule has 6 nitrogen and oxygen atoms in total. The molecule has 10 heteroatoms. The summed E-state index contributed by atoms with van der Waals surface area (Å²) in [6.07, 6.45) is -4.49. The van der Waals surface area contributed by atoms with E-state index in [1.165, 1.54) is 18.2 Å². The summed E-state index contributed by atoms with van der Waals surface area (Å²) in [5.74, 6) is 0.318. The van der Waals surface area contributed by atoms with Crippen LogP contribution in [0, 0.1) is 0 Å². The van der Waals surface area contributed by atoms with Crippen molar-refractivity contribution in [2.45, 2.75) is 31.7 Å². The molecule has 0 atom stereocenters. The Morgan fingerprint density at radius 1 is 1.32 bits per heavy atom. The predicted molar refractivity (Wildman–Crippen MR) is 102 cm³/mol. The number of hydrogen-bond acceptors (Lipinski definition) is 4. The van der Waals surface area contributed by atoms with Crippen LogP contribution >= 0.6 is 0 Å². The Labute approximate surface area is 163 Å². The summed E-state index contributed by atoms with van der Waals surface area (Å²) in [6.45, 7) is 6.53. The Morgan fingerprint density at radius 3 is 2.61 bits per heavy atom. The zero-order chi connectivity index (χ0) is 21.0. The summed E-state index contributed by atoms with van der Waals surface area (Å²) < 4.78 is 67.7. The highest BCUT2D eigenvalue weighted by atomic mass is 32.2. The van der Waals surface area contributed by atoms with Crippen molar-refractivity contribution in [3.8, 4) is 5.75 Å². The lowest BCUT2D eigenvalue weighted by atomic mass is 10.2. The summed E-state index contributed by atoms with van der Waals surface area (Å²) in [5.41, 5.74) is -0.825. The Morgan fingerprint density at radius 2 is 2.00 bits per heavy atom. The van der Waals surface area contributed by atoms with E-state index in [0.29, 0.717) is 25.6 Å². The lowest BCUT2D eigenvalue weighted by molar-refractivity contribution is -0.138. The lowest BCUT2D eigenvalue weighted by Crippen LogP contribution is -2.57. The number of benzene rings is 1. The lowest BCUT2D eigenvalue weighted by Gasteiger charge is -2.39. The zero-order valence-corrected chi connectivity index (χ0v) is 17.0. The van der Waals surface area contributed by atoms with E-state index in [1.54, 1.807) is 13.8 Å². The van der Waals surface area contributed by atoms with Crippen LogP contribution in [-0.4, -0.2) is 62.6 Å². The Hall–Kier alpha value is -1.97. The van der Waals surface area contributed by atoms with Crippen molar-refractivity contribution >= 4 is 15.8 Å². The molecule has 1 N–H and O–H groups in total. The van der Waals surface area contributed by atoms with E-state index in [9.17, 15) is 21.6 Å². The van der Waals surface area contributed by atoms with Gasteiger partial charge >= 0.3 is 6.18 Å². The summed E-state index contributed by atoms with van der Waals surface area (Å²) in [6, 6.07) is 5.03. The number of halogens is 3. The number of sulfone groups is 1. The van der Waals surface area contributed by atoms with Gasteiger partial charge in [0.2, 0.25) is 0 Å². The number of guanidine groups is 1. The maximum absolute atomic E-state index is 13.0. The van der Waals surface area contributed by atoms with Crippen molar-refractivity contribution in [3.05, 3.63) is 29.8 Å². The molecule has 1 fully saturated rings. The summed E-state index contributed by atoms with van der Waals surface area (Å²) in [4.78, 5) is 6.24. The van der Waals surface area contributed by atoms with E-state index in [-0.39, 0.29) is 24.7 Å². The van der Waals surface area contributed by atoms with Gasteiger partial charge in [0.25, 0.3) is 0 Å². The van der Waals surface area contributed by atoms with E-state index in [1.807, 2.05) is 11.8 Å². The van der Waals surface area contributed by atoms with Crippen LogP contribution in [0.15, 0.2) is 29.3 Å². The Bertz CT molecular complexity index is 808. The quantitative estimate of drug-likeness (QED) is 0.450. The third-order valence-corrected chi connectivity index (χ3v) is 7.01.